The number of alkyl halides is 2. The number of carbonyl (C=O) groups excluding carboxylic acids is 1. The predicted molar refractivity (Wildman–Crippen MR) is 93.9 cm³/mol. The number of benzene rings is 2. The van der Waals surface area contributed by atoms with Crippen LogP contribution in [0.15, 0.2) is 48.5 Å². The summed E-state index contributed by atoms with van der Waals surface area (Å²) in [6, 6.07) is 13.4. The fraction of sp³-hybridized carbons (Fsp3) is 0.316. The van der Waals surface area contributed by atoms with Crippen LogP contribution in [0.1, 0.15) is 12.5 Å². The van der Waals surface area contributed by atoms with Gasteiger partial charge in [-0.25, -0.2) is 4.79 Å². The number of amides is 2. The molecule has 0 atom stereocenters. The van der Waals surface area contributed by atoms with E-state index < -0.39 is 6.61 Å². The highest BCUT2D eigenvalue weighted by molar-refractivity contribution is 5.90. The maximum absolute atomic E-state index is 12.2. The van der Waals surface area contributed by atoms with Gasteiger partial charge in [0.1, 0.15) is 17.6 Å². The Morgan fingerprint density at radius 3 is 2.58 bits per heavy atom. The molecule has 7 heteroatoms. The van der Waals surface area contributed by atoms with Crippen molar-refractivity contribution in [2.24, 2.45) is 0 Å². The summed E-state index contributed by atoms with van der Waals surface area (Å²) >= 11 is 0. The Balaban J connectivity index is 1.45. The predicted octanol–water partition coefficient (Wildman–Crippen LogP) is 4.15. The molecule has 1 N–H and O–H groups in total. The van der Waals surface area contributed by atoms with Crippen LogP contribution in [0.4, 0.5) is 19.3 Å². The molecule has 26 heavy (non-hydrogen) atoms. The average molecular weight is 362 g/mol. The molecule has 1 aliphatic rings. The van der Waals surface area contributed by atoms with Crippen molar-refractivity contribution >= 4 is 11.7 Å². The van der Waals surface area contributed by atoms with Crippen LogP contribution in [0.5, 0.6) is 11.5 Å². The number of likely N-dealkylation sites (tertiary alicyclic amines) is 1. The Kier molecular flexibility index (Phi) is 5.55. The van der Waals surface area contributed by atoms with Gasteiger partial charge >= 0.3 is 12.6 Å². The number of anilines is 1. The quantitative estimate of drug-likeness (QED) is 0.840. The fourth-order valence-electron chi connectivity index (χ4n) is 2.63. The molecule has 1 fully saturated rings. The number of aryl methyl sites for hydroxylation is 1. The third-order valence-corrected chi connectivity index (χ3v) is 4.08. The Hall–Kier alpha value is -2.83. The van der Waals surface area contributed by atoms with Crippen molar-refractivity contribution in [1.82, 2.24) is 4.90 Å². The first-order chi connectivity index (χ1) is 12.5. The number of nitrogens with zero attached hydrogens (tertiary/aromatic N) is 1. The van der Waals surface area contributed by atoms with Crippen LogP contribution in [-0.4, -0.2) is 36.7 Å². The normalized spacial score (nSPS) is 14.1. The molecule has 0 saturated carbocycles. The highest BCUT2D eigenvalue weighted by Gasteiger charge is 2.32. The number of carbonyl (C=O) groups is 1. The smallest absolute Gasteiger partial charge is 0.387 e. The Bertz CT molecular complexity index is 747. The molecule has 138 valence electrons. The van der Waals surface area contributed by atoms with Gasteiger partial charge in [-0.05, 0) is 48.4 Å². The first kappa shape index (κ1) is 18.0. The molecule has 0 aromatic heterocycles. The van der Waals surface area contributed by atoms with Crippen LogP contribution in [0, 0.1) is 0 Å². The Labute approximate surface area is 150 Å². The van der Waals surface area contributed by atoms with E-state index >= 15 is 0 Å². The summed E-state index contributed by atoms with van der Waals surface area (Å²) in [5.41, 5.74) is 1.72. The maximum Gasteiger partial charge on any atom is 0.387 e. The minimum absolute atomic E-state index is 0.0327. The molecule has 2 aromatic carbocycles. The highest BCUT2D eigenvalue weighted by atomic mass is 19.3. The number of nitrogens with one attached hydrogen (secondary N) is 1. The minimum Gasteiger partial charge on any atom is -0.487 e. The van der Waals surface area contributed by atoms with Crippen LogP contribution < -0.4 is 14.8 Å². The number of rotatable bonds is 6. The van der Waals surface area contributed by atoms with Gasteiger partial charge in [-0.1, -0.05) is 19.1 Å². The van der Waals surface area contributed by atoms with Gasteiger partial charge in [-0.3, -0.25) is 0 Å². The maximum atomic E-state index is 12.2. The molecule has 0 unspecified atom stereocenters. The largest absolute Gasteiger partial charge is 0.487 e. The van der Waals surface area contributed by atoms with E-state index in [1.54, 1.807) is 4.90 Å². The zero-order chi connectivity index (χ0) is 18.5. The molecule has 0 radical (unpaired) electrons. The molecule has 1 heterocycles. The van der Waals surface area contributed by atoms with Crippen molar-refractivity contribution in [2.75, 3.05) is 18.4 Å². The van der Waals surface area contributed by atoms with Gasteiger partial charge in [-0.15, -0.1) is 0 Å². The van der Waals surface area contributed by atoms with Crippen LogP contribution in [0.2, 0.25) is 0 Å². The van der Waals surface area contributed by atoms with E-state index in [0.29, 0.717) is 18.8 Å². The standard InChI is InChI=1S/C19H20F2N2O3/c1-2-13-4-3-5-16(10-13)25-17-11-23(12-17)19(24)22-14-6-8-15(9-7-14)26-18(20)21/h3-10,17-18H,2,11-12H2,1H3,(H,22,24). The minimum atomic E-state index is -2.87. The van der Waals surface area contributed by atoms with Gasteiger partial charge in [0.05, 0.1) is 13.1 Å². The third-order valence-electron chi connectivity index (χ3n) is 4.08. The number of halogens is 2. The van der Waals surface area contributed by atoms with Crippen LogP contribution >= 0.6 is 0 Å². The lowest BCUT2D eigenvalue weighted by atomic mass is 10.1. The van der Waals surface area contributed by atoms with Crippen LogP contribution in [0.3, 0.4) is 0 Å². The topological polar surface area (TPSA) is 50.8 Å². The number of hydrogen-bond donors (Lipinski definition) is 1. The highest BCUT2D eigenvalue weighted by Crippen LogP contribution is 2.22. The number of urea groups is 1. The fourth-order valence-corrected chi connectivity index (χ4v) is 2.63. The van der Waals surface area contributed by atoms with E-state index in [4.69, 9.17) is 4.74 Å². The van der Waals surface area contributed by atoms with Crippen molar-refractivity contribution in [3.8, 4) is 11.5 Å². The second kappa shape index (κ2) is 8.03. The lowest BCUT2D eigenvalue weighted by Crippen LogP contribution is -2.57. The second-order valence-electron chi connectivity index (χ2n) is 5.98. The van der Waals surface area contributed by atoms with Crippen molar-refractivity contribution in [3.05, 3.63) is 54.1 Å². The van der Waals surface area contributed by atoms with Crippen molar-refractivity contribution < 1.29 is 23.0 Å². The molecule has 1 saturated heterocycles. The van der Waals surface area contributed by atoms with Gasteiger partial charge < -0.3 is 19.7 Å². The van der Waals surface area contributed by atoms with Crippen LogP contribution in [-0.2, 0) is 6.42 Å². The van der Waals surface area contributed by atoms with E-state index in [9.17, 15) is 13.6 Å². The summed E-state index contributed by atoms with van der Waals surface area (Å²) in [5.74, 6) is 0.855. The van der Waals surface area contributed by atoms with Gasteiger partial charge in [-0.2, -0.15) is 8.78 Å². The Morgan fingerprint density at radius 2 is 1.92 bits per heavy atom. The lowest BCUT2D eigenvalue weighted by Gasteiger charge is -2.38. The summed E-state index contributed by atoms with van der Waals surface area (Å²) in [5, 5.41) is 2.72. The molecule has 0 spiro atoms. The molecular weight excluding hydrogens is 342 g/mol. The SMILES string of the molecule is CCc1cccc(OC2CN(C(=O)Nc3ccc(OC(F)F)cc3)C2)c1. The summed E-state index contributed by atoms with van der Waals surface area (Å²) in [7, 11) is 0. The summed E-state index contributed by atoms with van der Waals surface area (Å²) in [6.45, 7) is 0.205. The van der Waals surface area contributed by atoms with Crippen molar-refractivity contribution in [1.29, 1.82) is 0 Å². The van der Waals surface area contributed by atoms with E-state index in [0.717, 1.165) is 12.2 Å². The molecule has 0 bridgehead atoms. The molecule has 0 aliphatic carbocycles. The molecule has 2 aromatic rings. The second-order valence-corrected chi connectivity index (χ2v) is 5.98. The lowest BCUT2D eigenvalue weighted by molar-refractivity contribution is -0.0498. The van der Waals surface area contributed by atoms with Gasteiger partial charge in [0, 0.05) is 5.69 Å². The summed E-state index contributed by atoms with van der Waals surface area (Å²) in [4.78, 5) is 13.8. The van der Waals surface area contributed by atoms with E-state index in [-0.39, 0.29) is 17.9 Å². The van der Waals surface area contributed by atoms with Crippen LogP contribution in [0.25, 0.3) is 0 Å². The number of ether oxygens (including phenoxy) is 2. The van der Waals surface area contributed by atoms with E-state index in [2.05, 4.69) is 17.0 Å². The molecule has 3 rings (SSSR count). The third kappa shape index (κ3) is 4.62. The summed E-state index contributed by atoms with van der Waals surface area (Å²) in [6.07, 6.45) is 0.909. The summed E-state index contributed by atoms with van der Waals surface area (Å²) < 4.78 is 34.4. The van der Waals surface area contributed by atoms with Crippen molar-refractivity contribution in [2.45, 2.75) is 26.1 Å². The van der Waals surface area contributed by atoms with Gasteiger partial charge in [0.25, 0.3) is 0 Å². The van der Waals surface area contributed by atoms with Gasteiger partial charge in [0.2, 0.25) is 0 Å². The van der Waals surface area contributed by atoms with E-state index in [1.165, 1.54) is 29.8 Å². The molecular formula is C19H20F2N2O3. The molecule has 5 nitrogen and oxygen atoms in total. The zero-order valence-corrected chi connectivity index (χ0v) is 14.3. The Morgan fingerprint density at radius 1 is 1.19 bits per heavy atom. The first-order valence-electron chi connectivity index (χ1n) is 8.40. The van der Waals surface area contributed by atoms with Gasteiger partial charge in [0.15, 0.2) is 0 Å². The first-order valence-corrected chi connectivity index (χ1v) is 8.40. The van der Waals surface area contributed by atoms with E-state index in [1.807, 2.05) is 24.3 Å². The molecule has 2 amide bonds. The zero-order valence-electron chi connectivity index (χ0n) is 14.3. The monoisotopic (exact) mass is 362 g/mol. The van der Waals surface area contributed by atoms with Crippen molar-refractivity contribution in [3.63, 3.8) is 0 Å². The number of hydrogen-bond acceptors (Lipinski definition) is 3. The average Bonchev–Trinajstić information content (AvgIpc) is 2.59. The molecule has 1 aliphatic heterocycles.